The number of aliphatic carboxylic acids is 1. The summed E-state index contributed by atoms with van der Waals surface area (Å²) in [6.07, 6.45) is 7.92. The van der Waals surface area contributed by atoms with Crippen molar-refractivity contribution >= 4 is 11.9 Å². The predicted octanol–water partition coefficient (Wildman–Crippen LogP) is 1.71. The Hall–Kier alpha value is -1.10. The number of carboxylic acids is 1. The summed E-state index contributed by atoms with van der Waals surface area (Å²) in [6, 6.07) is 0. The van der Waals surface area contributed by atoms with E-state index >= 15 is 0 Å². The molecule has 2 fully saturated rings. The van der Waals surface area contributed by atoms with Crippen molar-refractivity contribution in [1.82, 2.24) is 5.32 Å². The predicted molar refractivity (Wildman–Crippen MR) is 69.8 cm³/mol. The molecule has 0 aromatic heterocycles. The van der Waals surface area contributed by atoms with E-state index in [2.05, 4.69) is 5.32 Å². The van der Waals surface area contributed by atoms with Gasteiger partial charge in [0, 0.05) is 19.4 Å². The third-order valence-electron chi connectivity index (χ3n) is 4.31. The van der Waals surface area contributed by atoms with Crippen LogP contribution >= 0.6 is 0 Å². The summed E-state index contributed by atoms with van der Waals surface area (Å²) >= 11 is 0. The smallest absolute Gasteiger partial charge is 0.331 e. The van der Waals surface area contributed by atoms with Gasteiger partial charge in [0.25, 0.3) is 0 Å². The molecule has 0 bridgehead atoms. The lowest BCUT2D eigenvalue weighted by Crippen LogP contribution is -2.55. The van der Waals surface area contributed by atoms with E-state index in [0.29, 0.717) is 25.4 Å². The van der Waals surface area contributed by atoms with Crippen LogP contribution in [0, 0.1) is 5.92 Å². The van der Waals surface area contributed by atoms with Gasteiger partial charge in [-0.3, -0.25) is 4.79 Å². The summed E-state index contributed by atoms with van der Waals surface area (Å²) in [5.74, 6) is -0.505. The van der Waals surface area contributed by atoms with E-state index in [9.17, 15) is 14.7 Å². The lowest BCUT2D eigenvalue weighted by molar-refractivity contribution is -0.147. The summed E-state index contributed by atoms with van der Waals surface area (Å²) in [5.41, 5.74) is -1.19. The summed E-state index contributed by atoms with van der Waals surface area (Å²) < 4.78 is 5.12. The molecule has 0 spiro atoms. The summed E-state index contributed by atoms with van der Waals surface area (Å²) in [4.78, 5) is 23.2. The number of amides is 1. The number of carbonyl (C=O) groups is 2. The SMILES string of the molecule is O=C(CCC1CCCCC1)NC1(C(=O)O)CCOC1. The average molecular weight is 269 g/mol. The third-order valence-corrected chi connectivity index (χ3v) is 4.31. The van der Waals surface area contributed by atoms with E-state index in [0.717, 1.165) is 6.42 Å². The minimum absolute atomic E-state index is 0.0809. The highest BCUT2D eigenvalue weighted by Crippen LogP contribution is 2.27. The van der Waals surface area contributed by atoms with Crippen LogP contribution < -0.4 is 5.32 Å². The van der Waals surface area contributed by atoms with Crippen molar-refractivity contribution in [3.63, 3.8) is 0 Å². The van der Waals surface area contributed by atoms with Gasteiger partial charge in [0.2, 0.25) is 5.91 Å². The zero-order chi connectivity index (χ0) is 13.7. The van der Waals surface area contributed by atoms with E-state index < -0.39 is 11.5 Å². The molecule has 1 heterocycles. The van der Waals surface area contributed by atoms with Crippen molar-refractivity contribution in [1.29, 1.82) is 0 Å². The number of nitrogens with one attached hydrogen (secondary N) is 1. The Balaban J connectivity index is 1.78. The first-order chi connectivity index (χ1) is 9.12. The van der Waals surface area contributed by atoms with Crippen molar-refractivity contribution in [3.8, 4) is 0 Å². The van der Waals surface area contributed by atoms with Gasteiger partial charge in [0.05, 0.1) is 6.61 Å². The second-order valence-electron chi connectivity index (χ2n) is 5.78. The molecule has 108 valence electrons. The molecule has 5 nitrogen and oxygen atoms in total. The van der Waals surface area contributed by atoms with Gasteiger partial charge in [-0.25, -0.2) is 4.79 Å². The van der Waals surface area contributed by atoms with Crippen molar-refractivity contribution in [3.05, 3.63) is 0 Å². The maximum atomic E-state index is 11.9. The van der Waals surface area contributed by atoms with Gasteiger partial charge in [0.1, 0.15) is 0 Å². The van der Waals surface area contributed by atoms with E-state index in [1.807, 2.05) is 0 Å². The standard InChI is InChI=1S/C14H23NO4/c16-12(7-6-11-4-2-1-3-5-11)15-14(13(17)18)8-9-19-10-14/h11H,1-10H2,(H,15,16)(H,17,18). The summed E-state index contributed by atoms with van der Waals surface area (Å²) in [7, 11) is 0. The second-order valence-corrected chi connectivity index (χ2v) is 5.78. The van der Waals surface area contributed by atoms with Gasteiger partial charge in [0.15, 0.2) is 5.54 Å². The van der Waals surface area contributed by atoms with E-state index in [4.69, 9.17) is 4.74 Å². The van der Waals surface area contributed by atoms with E-state index in [-0.39, 0.29) is 12.5 Å². The van der Waals surface area contributed by atoms with Crippen LogP contribution in [0.2, 0.25) is 0 Å². The number of carboxylic acid groups (broad SMARTS) is 1. The van der Waals surface area contributed by atoms with Crippen LogP contribution in [0.25, 0.3) is 0 Å². The zero-order valence-corrected chi connectivity index (χ0v) is 11.3. The van der Waals surface area contributed by atoms with Crippen LogP contribution in [0.15, 0.2) is 0 Å². The van der Waals surface area contributed by atoms with E-state index in [1.54, 1.807) is 0 Å². The Morgan fingerprint density at radius 1 is 1.26 bits per heavy atom. The maximum Gasteiger partial charge on any atom is 0.331 e. The molecule has 1 saturated heterocycles. The Morgan fingerprint density at radius 2 is 2.00 bits per heavy atom. The van der Waals surface area contributed by atoms with Crippen molar-refractivity contribution in [2.24, 2.45) is 5.92 Å². The van der Waals surface area contributed by atoms with Crippen molar-refractivity contribution in [2.75, 3.05) is 13.2 Å². The number of hydrogen-bond donors (Lipinski definition) is 2. The molecule has 1 aliphatic carbocycles. The summed E-state index contributed by atoms with van der Waals surface area (Å²) in [6.45, 7) is 0.479. The topological polar surface area (TPSA) is 75.6 Å². The fourth-order valence-electron chi connectivity index (χ4n) is 3.03. The molecule has 1 aliphatic heterocycles. The van der Waals surface area contributed by atoms with Gasteiger partial charge in [-0.1, -0.05) is 32.1 Å². The van der Waals surface area contributed by atoms with Crippen LogP contribution in [0.1, 0.15) is 51.4 Å². The lowest BCUT2D eigenvalue weighted by Gasteiger charge is -2.25. The number of hydrogen-bond acceptors (Lipinski definition) is 3. The van der Waals surface area contributed by atoms with Crippen LogP contribution in [-0.4, -0.2) is 35.7 Å². The summed E-state index contributed by atoms with van der Waals surface area (Å²) in [5, 5.41) is 11.9. The normalized spacial score (nSPS) is 28.2. The second kappa shape index (κ2) is 6.37. The Morgan fingerprint density at radius 3 is 2.58 bits per heavy atom. The molecule has 1 atom stereocenters. The molecule has 0 aromatic carbocycles. The fourth-order valence-corrected chi connectivity index (χ4v) is 3.03. The first kappa shape index (κ1) is 14.3. The molecule has 2 rings (SSSR count). The highest BCUT2D eigenvalue weighted by Gasteiger charge is 2.43. The van der Waals surface area contributed by atoms with Gasteiger partial charge >= 0.3 is 5.97 Å². The molecule has 1 amide bonds. The van der Waals surface area contributed by atoms with Crippen molar-refractivity contribution < 1.29 is 19.4 Å². The highest BCUT2D eigenvalue weighted by molar-refractivity contribution is 5.87. The van der Waals surface area contributed by atoms with Crippen LogP contribution in [0.3, 0.4) is 0 Å². The third kappa shape index (κ3) is 3.69. The number of carbonyl (C=O) groups excluding carboxylic acids is 1. The van der Waals surface area contributed by atoms with Crippen LogP contribution in [0.4, 0.5) is 0 Å². The number of rotatable bonds is 5. The minimum Gasteiger partial charge on any atom is -0.479 e. The van der Waals surface area contributed by atoms with Crippen LogP contribution in [0.5, 0.6) is 0 Å². The van der Waals surface area contributed by atoms with Crippen LogP contribution in [-0.2, 0) is 14.3 Å². The highest BCUT2D eigenvalue weighted by atomic mass is 16.5. The molecule has 2 aliphatic rings. The molecule has 19 heavy (non-hydrogen) atoms. The molecule has 1 unspecified atom stereocenters. The Kier molecular flexibility index (Phi) is 4.80. The van der Waals surface area contributed by atoms with Gasteiger partial charge < -0.3 is 15.2 Å². The minimum atomic E-state index is -1.19. The molecular weight excluding hydrogens is 246 g/mol. The first-order valence-corrected chi connectivity index (χ1v) is 7.24. The van der Waals surface area contributed by atoms with Gasteiger partial charge in [-0.15, -0.1) is 0 Å². The average Bonchev–Trinajstić information content (AvgIpc) is 2.87. The molecule has 5 heteroatoms. The van der Waals surface area contributed by atoms with Gasteiger partial charge in [-0.2, -0.15) is 0 Å². The Bertz CT molecular complexity index is 330. The fraction of sp³-hybridized carbons (Fsp3) is 0.857. The zero-order valence-electron chi connectivity index (χ0n) is 11.3. The quantitative estimate of drug-likeness (QED) is 0.796. The van der Waals surface area contributed by atoms with Gasteiger partial charge in [-0.05, 0) is 12.3 Å². The largest absolute Gasteiger partial charge is 0.479 e. The molecule has 0 radical (unpaired) electrons. The number of ether oxygens (including phenoxy) is 1. The molecule has 2 N–H and O–H groups in total. The lowest BCUT2D eigenvalue weighted by atomic mass is 9.86. The monoisotopic (exact) mass is 269 g/mol. The first-order valence-electron chi connectivity index (χ1n) is 7.24. The Labute approximate surface area is 113 Å². The van der Waals surface area contributed by atoms with Crippen molar-refractivity contribution in [2.45, 2.75) is 56.9 Å². The maximum absolute atomic E-state index is 11.9. The molecule has 0 aromatic rings. The van der Waals surface area contributed by atoms with E-state index in [1.165, 1.54) is 32.1 Å². The molecular formula is C14H23NO4. The molecule has 1 saturated carbocycles.